The number of aromatic nitrogens is 2. The first-order chi connectivity index (χ1) is 13.4. The molecule has 0 aliphatic carbocycles. The van der Waals surface area contributed by atoms with E-state index in [2.05, 4.69) is 26.3 Å². The number of carbonyl (C=O) groups excluding carboxylic acids is 3. The van der Waals surface area contributed by atoms with Crippen molar-refractivity contribution in [3.05, 3.63) is 33.9 Å². The monoisotopic (exact) mass is 402 g/mol. The van der Waals surface area contributed by atoms with E-state index in [1.54, 1.807) is 25.4 Å². The summed E-state index contributed by atoms with van der Waals surface area (Å²) < 4.78 is -0.374. The van der Waals surface area contributed by atoms with Crippen LogP contribution in [0.15, 0.2) is 17.8 Å². The molecule has 0 saturated heterocycles. The van der Waals surface area contributed by atoms with Crippen LogP contribution in [0, 0.1) is 0 Å². The van der Waals surface area contributed by atoms with Crippen LogP contribution >= 0.6 is 11.3 Å². The molecule has 148 valence electrons. The largest absolute Gasteiger partial charge is 0.432 e. The fourth-order valence-corrected chi connectivity index (χ4v) is 4.90. The smallest absolute Gasteiger partial charge is 0.335 e. The molecule has 0 spiro atoms. The van der Waals surface area contributed by atoms with Gasteiger partial charge in [-0.15, -0.1) is 11.3 Å². The van der Waals surface area contributed by atoms with E-state index in [-0.39, 0.29) is 22.2 Å². The Morgan fingerprint density at radius 1 is 1.39 bits per heavy atom. The first kappa shape index (κ1) is 19.0. The van der Waals surface area contributed by atoms with E-state index < -0.39 is 0 Å². The summed E-state index contributed by atoms with van der Waals surface area (Å²) in [6.07, 6.45) is 3.27. The minimum absolute atomic E-state index is 0.151. The number of nitrogens with one attached hydrogen (secondary N) is 1. The van der Waals surface area contributed by atoms with E-state index in [0.717, 1.165) is 19.5 Å². The van der Waals surface area contributed by atoms with E-state index in [1.165, 1.54) is 21.7 Å². The van der Waals surface area contributed by atoms with Crippen LogP contribution in [-0.2, 0) is 17.8 Å². The van der Waals surface area contributed by atoms with Gasteiger partial charge in [-0.25, -0.2) is 19.5 Å². The highest BCUT2D eigenvalue weighted by Crippen LogP contribution is 2.29. The highest BCUT2D eigenvalue weighted by molar-refractivity contribution is 7.10. The van der Waals surface area contributed by atoms with Gasteiger partial charge in [-0.3, -0.25) is 9.69 Å². The Morgan fingerprint density at radius 2 is 2.21 bits per heavy atom. The van der Waals surface area contributed by atoms with Crippen LogP contribution in [0.25, 0.3) is 0 Å². The molecule has 4 heterocycles. The minimum atomic E-state index is -0.374. The quantitative estimate of drug-likeness (QED) is 0.747. The predicted octanol–water partition coefficient (Wildman–Crippen LogP) is 2.04. The molecule has 0 bridgehead atoms. The molecule has 9 heteroatoms. The number of aromatic amines is 1. The number of amides is 3. The molecule has 1 atom stereocenters. The second kappa shape index (κ2) is 7.23. The van der Waals surface area contributed by atoms with E-state index >= 15 is 0 Å². The van der Waals surface area contributed by atoms with Gasteiger partial charge in [0.2, 0.25) is 0 Å². The number of urea groups is 1. The molecule has 2 aliphatic rings. The van der Waals surface area contributed by atoms with Gasteiger partial charge in [0.25, 0.3) is 0 Å². The van der Waals surface area contributed by atoms with Crippen molar-refractivity contribution in [2.24, 2.45) is 0 Å². The molecule has 3 amide bonds. The summed E-state index contributed by atoms with van der Waals surface area (Å²) in [5.74, 6) is 0.210. The number of anilines is 1. The zero-order valence-corrected chi connectivity index (χ0v) is 16.9. The van der Waals surface area contributed by atoms with Crippen molar-refractivity contribution in [1.82, 2.24) is 14.9 Å². The fourth-order valence-electron chi connectivity index (χ4n) is 4.01. The molecule has 2 aliphatic heterocycles. The number of quaternary nitrogens is 1. The van der Waals surface area contributed by atoms with Crippen LogP contribution in [0.1, 0.15) is 33.8 Å². The molecule has 0 fully saturated rings. The minimum Gasteiger partial charge on any atom is -0.335 e. The number of hydrogen-bond donors (Lipinski definition) is 1. The molecule has 0 saturated carbocycles. The number of rotatable bonds is 6. The molecule has 1 unspecified atom stereocenters. The highest BCUT2D eigenvalue weighted by atomic mass is 32.1. The Balaban J connectivity index is 1.33. The standard InChI is InChI=1S/C19H23N5O3S/c1-22-17-16(20-12-21-17)18(26)24(2,19(22)27)8-3-4-14(25)11-23-7-5-15-13(10-23)6-9-28-15/h6,9,12H,3-5,7-8,10-11H2,1-2H3/p+1. The lowest BCUT2D eigenvalue weighted by molar-refractivity contribution is -0.744. The van der Waals surface area contributed by atoms with Gasteiger partial charge in [-0.05, 0) is 23.4 Å². The maximum absolute atomic E-state index is 12.8. The number of carbonyl (C=O) groups is 3. The van der Waals surface area contributed by atoms with Gasteiger partial charge in [0.05, 0.1) is 26.5 Å². The van der Waals surface area contributed by atoms with Gasteiger partial charge in [0, 0.05) is 37.9 Å². The van der Waals surface area contributed by atoms with Crippen molar-refractivity contribution < 1.29 is 18.9 Å². The van der Waals surface area contributed by atoms with Crippen molar-refractivity contribution in [3.63, 3.8) is 0 Å². The summed E-state index contributed by atoms with van der Waals surface area (Å²) in [7, 11) is 3.23. The Morgan fingerprint density at radius 3 is 3.04 bits per heavy atom. The molecule has 0 radical (unpaired) electrons. The molecule has 28 heavy (non-hydrogen) atoms. The number of H-pyrrole nitrogens is 1. The van der Waals surface area contributed by atoms with Crippen molar-refractivity contribution in [1.29, 1.82) is 0 Å². The number of ketones is 1. The average Bonchev–Trinajstić information content (AvgIpc) is 3.34. The normalized spacial score (nSPS) is 22.3. The van der Waals surface area contributed by atoms with Gasteiger partial charge in [-0.2, -0.15) is 4.48 Å². The summed E-state index contributed by atoms with van der Waals surface area (Å²) in [5, 5.41) is 2.11. The SMILES string of the molecule is CN1C(=O)[N+](C)(CCCC(=O)CN2CCc3sccc3C2)C(=O)c2[nH]cnc21. The van der Waals surface area contributed by atoms with E-state index in [4.69, 9.17) is 0 Å². The topological polar surface area (TPSA) is 86.4 Å². The molecule has 8 nitrogen and oxygen atoms in total. The van der Waals surface area contributed by atoms with Crippen LogP contribution < -0.4 is 4.90 Å². The molecule has 2 aromatic heterocycles. The van der Waals surface area contributed by atoms with E-state index in [9.17, 15) is 14.4 Å². The number of hydrogen-bond acceptors (Lipinski definition) is 6. The van der Waals surface area contributed by atoms with Crippen molar-refractivity contribution in [2.45, 2.75) is 25.8 Å². The Labute approximate surface area is 167 Å². The average molecular weight is 403 g/mol. The van der Waals surface area contributed by atoms with Crippen LogP contribution in [-0.4, -0.2) is 70.8 Å². The zero-order chi connectivity index (χ0) is 19.9. The molecule has 0 aromatic carbocycles. The number of Topliss-reactive ketones (excluding diaryl/α,β-unsaturated/α-hetero) is 1. The first-order valence-electron chi connectivity index (χ1n) is 9.41. The van der Waals surface area contributed by atoms with Gasteiger partial charge < -0.3 is 4.98 Å². The van der Waals surface area contributed by atoms with Crippen molar-refractivity contribution in [3.8, 4) is 0 Å². The van der Waals surface area contributed by atoms with Crippen molar-refractivity contribution in [2.75, 3.05) is 38.6 Å². The second-order valence-electron chi connectivity index (χ2n) is 7.63. The summed E-state index contributed by atoms with van der Waals surface area (Å²) in [4.78, 5) is 49.9. The number of fused-ring (bicyclic) bond motifs is 2. The first-order valence-corrected chi connectivity index (χ1v) is 10.3. The van der Waals surface area contributed by atoms with E-state index in [1.807, 2.05) is 0 Å². The number of thiophene rings is 1. The van der Waals surface area contributed by atoms with Gasteiger partial charge in [-0.1, -0.05) is 0 Å². The lowest BCUT2D eigenvalue weighted by Gasteiger charge is -2.35. The maximum atomic E-state index is 12.8. The third kappa shape index (κ3) is 3.19. The number of imide groups is 1. The maximum Gasteiger partial charge on any atom is 0.432 e. The Bertz CT molecular complexity index is 936. The fraction of sp³-hybridized carbons (Fsp3) is 0.474. The summed E-state index contributed by atoms with van der Waals surface area (Å²) in [5.41, 5.74) is 1.67. The van der Waals surface area contributed by atoms with Crippen molar-refractivity contribution >= 4 is 34.9 Å². The molecular formula is C19H24N5O3S+. The number of imidazole rings is 1. The molecule has 2 aromatic rings. The van der Waals surface area contributed by atoms with Crippen LogP contribution in [0.5, 0.6) is 0 Å². The van der Waals surface area contributed by atoms with Gasteiger partial charge in [0.1, 0.15) is 5.78 Å². The molecule has 1 N–H and O–H groups in total. The van der Waals surface area contributed by atoms with E-state index in [0.29, 0.717) is 37.4 Å². The lowest BCUT2D eigenvalue weighted by atomic mass is 10.1. The number of nitrogens with zero attached hydrogens (tertiary/aromatic N) is 4. The summed E-state index contributed by atoms with van der Waals surface area (Å²) in [6.45, 7) is 2.44. The van der Waals surface area contributed by atoms with Crippen LogP contribution in [0.2, 0.25) is 0 Å². The van der Waals surface area contributed by atoms with Gasteiger partial charge >= 0.3 is 11.9 Å². The molecule has 4 rings (SSSR count). The Kier molecular flexibility index (Phi) is 4.90. The Hall–Kier alpha value is -2.36. The zero-order valence-electron chi connectivity index (χ0n) is 16.1. The summed E-state index contributed by atoms with van der Waals surface area (Å²) >= 11 is 1.78. The summed E-state index contributed by atoms with van der Waals surface area (Å²) in [6, 6.07) is 1.81. The third-order valence-corrected chi connectivity index (χ3v) is 6.68. The lowest BCUT2D eigenvalue weighted by Crippen LogP contribution is -2.62. The highest BCUT2D eigenvalue weighted by Gasteiger charge is 2.50. The second-order valence-corrected chi connectivity index (χ2v) is 8.64. The van der Waals surface area contributed by atoms with Crippen LogP contribution in [0.3, 0.4) is 0 Å². The third-order valence-electron chi connectivity index (χ3n) is 5.66. The molecular weight excluding hydrogens is 378 g/mol. The van der Waals surface area contributed by atoms with Crippen LogP contribution in [0.4, 0.5) is 10.6 Å². The van der Waals surface area contributed by atoms with Gasteiger partial charge in [0.15, 0.2) is 11.5 Å². The predicted molar refractivity (Wildman–Crippen MR) is 105 cm³/mol.